The lowest BCUT2D eigenvalue weighted by molar-refractivity contribution is 0.108. The van der Waals surface area contributed by atoms with Crippen LogP contribution in [0.25, 0.3) is 0 Å². The second-order valence-corrected chi connectivity index (χ2v) is 8.30. The second-order valence-electron chi connectivity index (χ2n) is 6.29. The van der Waals surface area contributed by atoms with E-state index in [-0.39, 0.29) is 17.0 Å². The third-order valence-electron chi connectivity index (χ3n) is 3.36. The molecule has 0 spiro atoms. The number of ether oxygens (including phenoxy) is 1. The van der Waals surface area contributed by atoms with Crippen molar-refractivity contribution in [3.8, 4) is 0 Å². The highest BCUT2D eigenvalue weighted by Crippen LogP contribution is 2.16. The Labute approximate surface area is 144 Å². The van der Waals surface area contributed by atoms with Gasteiger partial charge in [0.25, 0.3) is 0 Å². The Kier molecular flexibility index (Phi) is 8.21. The molecule has 1 aromatic carbocycles. The van der Waals surface area contributed by atoms with Crippen LogP contribution in [0.15, 0.2) is 29.2 Å². The zero-order valence-electron chi connectivity index (χ0n) is 14.8. The van der Waals surface area contributed by atoms with Gasteiger partial charge in [-0.3, -0.25) is 0 Å². The van der Waals surface area contributed by atoms with E-state index in [1.54, 1.807) is 24.3 Å². The van der Waals surface area contributed by atoms with Gasteiger partial charge in [-0.15, -0.1) is 0 Å². The molecule has 6 nitrogen and oxygen atoms in total. The summed E-state index contributed by atoms with van der Waals surface area (Å²) in [5.74, 6) is 0.510. The molecule has 7 heteroatoms. The van der Waals surface area contributed by atoms with Crippen molar-refractivity contribution in [2.45, 2.75) is 38.1 Å². The topological polar surface area (TPSA) is 84.5 Å². The molecule has 0 aliphatic heterocycles. The van der Waals surface area contributed by atoms with Crippen LogP contribution in [-0.4, -0.2) is 40.5 Å². The summed E-state index contributed by atoms with van der Waals surface area (Å²) in [7, 11) is -3.21. The van der Waals surface area contributed by atoms with Crippen molar-refractivity contribution in [3.63, 3.8) is 0 Å². The highest BCUT2D eigenvalue weighted by Gasteiger charge is 2.11. The molecule has 0 aliphatic rings. The Balaban J connectivity index is 2.33. The number of amides is 2. The molecule has 136 valence electrons. The predicted octanol–water partition coefficient (Wildman–Crippen LogP) is 2.51. The lowest BCUT2D eigenvalue weighted by Crippen LogP contribution is -2.37. The summed E-state index contributed by atoms with van der Waals surface area (Å²) in [6.07, 6.45) is 1.93. The van der Waals surface area contributed by atoms with Gasteiger partial charge in [0.1, 0.15) is 0 Å². The summed E-state index contributed by atoms with van der Waals surface area (Å²) in [4.78, 5) is 12.1. The Morgan fingerprint density at radius 1 is 1.17 bits per heavy atom. The van der Waals surface area contributed by atoms with E-state index in [9.17, 15) is 13.2 Å². The largest absolute Gasteiger partial charge is 0.381 e. The van der Waals surface area contributed by atoms with Crippen LogP contribution in [0.5, 0.6) is 0 Å². The Morgan fingerprint density at radius 3 is 2.33 bits per heavy atom. The van der Waals surface area contributed by atoms with Gasteiger partial charge in [0, 0.05) is 26.0 Å². The minimum Gasteiger partial charge on any atom is -0.381 e. The van der Waals surface area contributed by atoms with Gasteiger partial charge in [0.15, 0.2) is 9.84 Å². The fourth-order valence-corrected chi connectivity index (χ4v) is 2.66. The first-order chi connectivity index (χ1) is 11.2. The maximum atomic E-state index is 11.8. The summed E-state index contributed by atoms with van der Waals surface area (Å²) >= 11 is 0. The number of benzene rings is 1. The van der Waals surface area contributed by atoms with E-state index in [0.717, 1.165) is 18.6 Å². The van der Waals surface area contributed by atoms with Gasteiger partial charge in [-0.2, -0.15) is 0 Å². The number of hydrogen-bond acceptors (Lipinski definition) is 4. The molecule has 1 atom stereocenters. The quantitative estimate of drug-likeness (QED) is 0.666. The van der Waals surface area contributed by atoms with Crippen LogP contribution >= 0.6 is 0 Å². The van der Waals surface area contributed by atoms with E-state index in [1.807, 2.05) is 6.92 Å². The van der Waals surface area contributed by atoms with Gasteiger partial charge in [-0.05, 0) is 37.0 Å². The van der Waals surface area contributed by atoms with Crippen LogP contribution in [0.4, 0.5) is 4.79 Å². The zero-order chi connectivity index (χ0) is 18.2. The normalized spacial score (nSPS) is 12.9. The smallest absolute Gasteiger partial charge is 0.315 e. The van der Waals surface area contributed by atoms with E-state index < -0.39 is 9.84 Å². The lowest BCUT2D eigenvalue weighted by atomic mass is 10.1. The molecule has 1 rings (SSSR count). The van der Waals surface area contributed by atoms with Crippen molar-refractivity contribution in [2.75, 3.05) is 26.0 Å². The van der Waals surface area contributed by atoms with Gasteiger partial charge in [0.2, 0.25) is 0 Å². The number of carbonyl (C=O) groups is 1. The molecule has 0 heterocycles. The summed E-state index contributed by atoms with van der Waals surface area (Å²) in [6.45, 7) is 7.93. The molecular formula is C17H28N2O4S. The van der Waals surface area contributed by atoms with E-state index in [2.05, 4.69) is 24.5 Å². The van der Waals surface area contributed by atoms with Crippen LogP contribution in [0.3, 0.4) is 0 Å². The maximum absolute atomic E-state index is 11.8. The van der Waals surface area contributed by atoms with Crippen LogP contribution in [0, 0.1) is 5.92 Å². The van der Waals surface area contributed by atoms with Gasteiger partial charge in [-0.25, -0.2) is 13.2 Å². The number of urea groups is 1. The van der Waals surface area contributed by atoms with Gasteiger partial charge in [-0.1, -0.05) is 26.0 Å². The Bertz CT molecular complexity index is 612. The van der Waals surface area contributed by atoms with Crippen molar-refractivity contribution < 1.29 is 17.9 Å². The fourth-order valence-electron chi connectivity index (χ4n) is 2.03. The third-order valence-corrected chi connectivity index (χ3v) is 4.49. The minimum atomic E-state index is -3.21. The van der Waals surface area contributed by atoms with E-state index in [1.165, 1.54) is 6.26 Å². The molecule has 0 fully saturated rings. The van der Waals surface area contributed by atoms with Crippen molar-refractivity contribution in [1.29, 1.82) is 0 Å². The van der Waals surface area contributed by atoms with Crippen molar-refractivity contribution in [2.24, 2.45) is 5.92 Å². The highest BCUT2D eigenvalue weighted by atomic mass is 32.2. The number of hydrogen-bond donors (Lipinski definition) is 2. The summed E-state index contributed by atoms with van der Waals surface area (Å²) < 4.78 is 28.3. The number of sulfone groups is 1. The molecule has 0 saturated carbocycles. The van der Waals surface area contributed by atoms with Crippen molar-refractivity contribution >= 4 is 15.9 Å². The number of nitrogens with one attached hydrogen (secondary N) is 2. The maximum Gasteiger partial charge on any atom is 0.315 e. The molecule has 2 amide bonds. The first-order valence-corrected chi connectivity index (χ1v) is 10.0. The van der Waals surface area contributed by atoms with E-state index in [0.29, 0.717) is 19.1 Å². The SMILES string of the molecule is CC(C)COCCCNC(=O)NC(C)c1ccc(S(C)(=O)=O)cc1. The van der Waals surface area contributed by atoms with Gasteiger partial charge >= 0.3 is 6.03 Å². The predicted molar refractivity (Wildman–Crippen MR) is 94.8 cm³/mol. The van der Waals surface area contributed by atoms with Crippen LogP contribution in [0.1, 0.15) is 38.8 Å². The zero-order valence-corrected chi connectivity index (χ0v) is 15.7. The fraction of sp³-hybridized carbons (Fsp3) is 0.588. The molecule has 0 bridgehead atoms. The Hall–Kier alpha value is -1.60. The van der Waals surface area contributed by atoms with E-state index in [4.69, 9.17) is 4.74 Å². The minimum absolute atomic E-state index is 0.212. The molecule has 0 saturated heterocycles. The van der Waals surface area contributed by atoms with Crippen molar-refractivity contribution in [1.82, 2.24) is 10.6 Å². The molecule has 2 N–H and O–H groups in total. The van der Waals surface area contributed by atoms with Crippen LogP contribution in [-0.2, 0) is 14.6 Å². The number of carbonyl (C=O) groups excluding carboxylic acids is 1. The molecule has 1 aromatic rings. The molecule has 1 unspecified atom stereocenters. The molecule has 24 heavy (non-hydrogen) atoms. The lowest BCUT2D eigenvalue weighted by Gasteiger charge is -2.15. The second kappa shape index (κ2) is 9.64. The molecule has 0 aromatic heterocycles. The average Bonchev–Trinajstić information content (AvgIpc) is 2.49. The third kappa shape index (κ3) is 7.79. The number of rotatable bonds is 9. The van der Waals surface area contributed by atoms with Crippen LogP contribution in [0.2, 0.25) is 0 Å². The first-order valence-electron chi connectivity index (χ1n) is 8.12. The van der Waals surface area contributed by atoms with Crippen molar-refractivity contribution in [3.05, 3.63) is 29.8 Å². The molecule has 0 radical (unpaired) electrons. The summed E-state index contributed by atoms with van der Waals surface area (Å²) in [6, 6.07) is 6.05. The molecular weight excluding hydrogens is 328 g/mol. The van der Waals surface area contributed by atoms with Gasteiger partial charge in [0.05, 0.1) is 10.9 Å². The van der Waals surface area contributed by atoms with E-state index >= 15 is 0 Å². The summed E-state index contributed by atoms with van der Waals surface area (Å²) in [5.41, 5.74) is 0.845. The molecule has 0 aliphatic carbocycles. The first kappa shape index (κ1) is 20.4. The monoisotopic (exact) mass is 356 g/mol. The van der Waals surface area contributed by atoms with Gasteiger partial charge < -0.3 is 15.4 Å². The standard InChI is InChI=1S/C17H28N2O4S/c1-13(2)12-23-11-5-10-18-17(20)19-14(3)15-6-8-16(9-7-15)24(4,21)22/h6-9,13-14H,5,10-12H2,1-4H3,(H2,18,19,20). The average molecular weight is 356 g/mol. The van der Waals surface area contributed by atoms with Crippen LogP contribution < -0.4 is 10.6 Å². The summed E-state index contributed by atoms with van der Waals surface area (Å²) in [5, 5.41) is 5.60. The Morgan fingerprint density at radius 2 is 1.79 bits per heavy atom. The highest BCUT2D eigenvalue weighted by molar-refractivity contribution is 7.90.